The van der Waals surface area contributed by atoms with Gasteiger partial charge in [-0.25, -0.2) is 4.79 Å². The van der Waals surface area contributed by atoms with E-state index < -0.39 is 29.7 Å². The van der Waals surface area contributed by atoms with Gasteiger partial charge in [-0.3, -0.25) is 14.3 Å². The normalized spacial score (nSPS) is 27.3. The van der Waals surface area contributed by atoms with Crippen LogP contribution in [0, 0.1) is 6.92 Å². The van der Waals surface area contributed by atoms with Crippen LogP contribution < -0.4 is 11.2 Å². The molecule has 0 unspecified atom stereocenters. The molecule has 2 N–H and O–H groups in total. The van der Waals surface area contributed by atoms with E-state index in [1.807, 2.05) is 0 Å². The third-order valence-corrected chi connectivity index (χ3v) is 3.12. The van der Waals surface area contributed by atoms with Crippen molar-refractivity contribution in [3.63, 3.8) is 0 Å². The minimum absolute atomic E-state index is 0.336. The molecule has 1 fully saturated rings. The third kappa shape index (κ3) is 2.02. The number of carbonyl (C=O) groups is 1. The Kier molecular flexibility index (Phi) is 3.18. The molecule has 2 rings (SSSR count). The molecule has 1 aromatic heterocycles. The van der Waals surface area contributed by atoms with Gasteiger partial charge in [0.2, 0.25) is 0 Å². The molecule has 0 aliphatic carbocycles. The number of nitrogens with one attached hydrogen (secondary N) is 1. The Labute approximate surface area is 102 Å². The second-order valence-electron chi connectivity index (χ2n) is 4.43. The van der Waals surface area contributed by atoms with E-state index in [-0.39, 0.29) is 0 Å². The van der Waals surface area contributed by atoms with E-state index >= 15 is 0 Å². The Morgan fingerprint density at radius 1 is 1.67 bits per heavy atom. The van der Waals surface area contributed by atoms with Crippen LogP contribution in [0.25, 0.3) is 0 Å². The van der Waals surface area contributed by atoms with Crippen LogP contribution in [0.2, 0.25) is 0 Å². The number of carbonyl (C=O) groups excluding carboxylic acids is 1. The number of H-pyrrole nitrogens is 1. The monoisotopic (exact) mass is 254 g/mol. The van der Waals surface area contributed by atoms with Gasteiger partial charge >= 0.3 is 5.69 Å². The lowest BCUT2D eigenvalue weighted by Gasteiger charge is -2.21. The molecule has 1 saturated heterocycles. The number of hydrogen-bond acceptors (Lipinski definition) is 5. The van der Waals surface area contributed by atoms with Crippen molar-refractivity contribution in [1.82, 2.24) is 9.55 Å². The van der Waals surface area contributed by atoms with Gasteiger partial charge < -0.3 is 14.6 Å². The number of rotatable bonds is 3. The van der Waals surface area contributed by atoms with Crippen LogP contribution in [-0.2, 0) is 9.53 Å². The average molecular weight is 254 g/mol. The maximum absolute atomic E-state index is 11.6. The molecule has 1 aromatic rings. The van der Waals surface area contributed by atoms with Crippen molar-refractivity contribution in [1.29, 1.82) is 0 Å². The lowest BCUT2D eigenvalue weighted by Crippen LogP contribution is -2.37. The van der Waals surface area contributed by atoms with Gasteiger partial charge in [-0.1, -0.05) is 0 Å². The molecule has 7 nitrogen and oxygen atoms in total. The molecular formula is C11H14N2O5. The number of aldehydes is 1. The summed E-state index contributed by atoms with van der Waals surface area (Å²) in [5, 5.41) is 9.15. The number of aliphatic hydroxyl groups excluding tert-OH is 1. The SMILES string of the molecule is Cc1cn([C@H]2CC[C@@](C=O)(CO)O2)c(=O)[nH]c1=O. The summed E-state index contributed by atoms with van der Waals surface area (Å²) in [5.41, 5.74) is -1.90. The van der Waals surface area contributed by atoms with Crippen molar-refractivity contribution in [2.45, 2.75) is 31.6 Å². The molecule has 1 aliphatic rings. The van der Waals surface area contributed by atoms with Gasteiger partial charge in [0, 0.05) is 11.8 Å². The number of aromatic nitrogens is 2. The zero-order valence-electron chi connectivity index (χ0n) is 9.88. The van der Waals surface area contributed by atoms with Crippen molar-refractivity contribution in [3.05, 3.63) is 32.6 Å². The lowest BCUT2D eigenvalue weighted by molar-refractivity contribution is -0.140. The molecule has 2 heterocycles. The molecule has 0 saturated carbocycles. The average Bonchev–Trinajstić information content (AvgIpc) is 2.79. The summed E-state index contributed by atoms with van der Waals surface area (Å²) in [6.07, 6.45) is 2.05. The highest BCUT2D eigenvalue weighted by Crippen LogP contribution is 2.33. The zero-order valence-corrected chi connectivity index (χ0v) is 9.88. The predicted octanol–water partition coefficient (Wildman–Crippen LogP) is -0.916. The molecule has 7 heteroatoms. The molecule has 0 aromatic carbocycles. The molecule has 2 atom stereocenters. The Hall–Kier alpha value is -1.73. The molecule has 18 heavy (non-hydrogen) atoms. The van der Waals surface area contributed by atoms with Gasteiger partial charge in [-0.15, -0.1) is 0 Å². The maximum Gasteiger partial charge on any atom is 0.330 e. The fraction of sp³-hybridized carbons (Fsp3) is 0.545. The number of nitrogens with zero attached hydrogens (tertiary/aromatic N) is 1. The first kappa shape index (κ1) is 12.7. The molecule has 0 spiro atoms. The van der Waals surface area contributed by atoms with Gasteiger partial charge in [0.15, 0.2) is 6.29 Å². The van der Waals surface area contributed by atoms with Crippen molar-refractivity contribution in [2.75, 3.05) is 6.61 Å². The topological polar surface area (TPSA) is 101 Å². The smallest absolute Gasteiger partial charge is 0.330 e. The summed E-state index contributed by atoms with van der Waals surface area (Å²) in [5.74, 6) is 0. The van der Waals surface area contributed by atoms with Gasteiger partial charge in [0.1, 0.15) is 11.8 Å². The van der Waals surface area contributed by atoms with E-state index in [2.05, 4.69) is 4.98 Å². The molecule has 98 valence electrons. The van der Waals surface area contributed by atoms with Gasteiger partial charge in [-0.05, 0) is 19.8 Å². The van der Waals surface area contributed by atoms with E-state index in [1.54, 1.807) is 6.92 Å². The minimum Gasteiger partial charge on any atom is -0.393 e. The molecule has 0 bridgehead atoms. The Morgan fingerprint density at radius 2 is 2.39 bits per heavy atom. The Bertz CT molecular complexity index is 576. The van der Waals surface area contributed by atoms with E-state index in [1.165, 1.54) is 10.8 Å². The quantitative estimate of drug-likeness (QED) is 0.679. The first-order valence-corrected chi connectivity index (χ1v) is 5.58. The van der Waals surface area contributed by atoms with Crippen molar-refractivity contribution in [2.24, 2.45) is 0 Å². The largest absolute Gasteiger partial charge is 0.393 e. The summed E-state index contributed by atoms with van der Waals surface area (Å²) in [4.78, 5) is 36.0. The van der Waals surface area contributed by atoms with Crippen LogP contribution in [-0.4, -0.2) is 33.2 Å². The van der Waals surface area contributed by atoms with Crippen molar-refractivity contribution in [3.8, 4) is 0 Å². The maximum atomic E-state index is 11.6. The van der Waals surface area contributed by atoms with Crippen LogP contribution in [0.1, 0.15) is 24.6 Å². The number of ether oxygens (including phenoxy) is 1. The fourth-order valence-electron chi connectivity index (χ4n) is 1.99. The summed E-state index contributed by atoms with van der Waals surface area (Å²) in [6.45, 7) is 1.15. The highest BCUT2D eigenvalue weighted by atomic mass is 16.5. The van der Waals surface area contributed by atoms with Crippen LogP contribution in [0.5, 0.6) is 0 Å². The second-order valence-corrected chi connectivity index (χ2v) is 4.43. The van der Waals surface area contributed by atoms with Crippen molar-refractivity contribution < 1.29 is 14.6 Å². The summed E-state index contributed by atoms with van der Waals surface area (Å²) in [7, 11) is 0. The Morgan fingerprint density at radius 3 is 2.94 bits per heavy atom. The standard InChI is InChI=1S/C11H14N2O5/c1-7-4-13(10(17)12-9(7)16)8-2-3-11(5-14,6-15)18-8/h4-5,8,15H,2-3,6H2,1H3,(H,12,16,17)/t8-,11-/m1/s1. The zero-order chi connectivity index (χ0) is 13.3. The highest BCUT2D eigenvalue weighted by molar-refractivity contribution is 5.63. The van der Waals surface area contributed by atoms with Crippen molar-refractivity contribution >= 4 is 6.29 Å². The molecule has 0 radical (unpaired) electrons. The van der Waals surface area contributed by atoms with Gasteiger partial charge in [0.25, 0.3) is 5.56 Å². The lowest BCUT2D eigenvalue weighted by atomic mass is 10.0. The number of aromatic amines is 1. The number of hydrogen-bond donors (Lipinski definition) is 2. The van der Waals surface area contributed by atoms with Crippen LogP contribution in [0.4, 0.5) is 0 Å². The highest BCUT2D eigenvalue weighted by Gasteiger charge is 2.40. The van der Waals surface area contributed by atoms with Crippen LogP contribution in [0.15, 0.2) is 15.8 Å². The van der Waals surface area contributed by atoms with Gasteiger partial charge in [0.05, 0.1) is 6.61 Å². The number of aryl methyl sites for hydroxylation is 1. The molecule has 1 aliphatic heterocycles. The molecule has 0 amide bonds. The third-order valence-electron chi connectivity index (χ3n) is 3.12. The fourth-order valence-corrected chi connectivity index (χ4v) is 1.99. The minimum atomic E-state index is -1.24. The molecular weight excluding hydrogens is 240 g/mol. The summed E-state index contributed by atoms with van der Waals surface area (Å²) < 4.78 is 6.67. The predicted molar refractivity (Wildman–Crippen MR) is 61.3 cm³/mol. The van der Waals surface area contributed by atoms with E-state index in [9.17, 15) is 14.4 Å². The summed E-state index contributed by atoms with van der Waals surface area (Å²) >= 11 is 0. The first-order valence-electron chi connectivity index (χ1n) is 5.58. The second kappa shape index (κ2) is 4.51. The Balaban J connectivity index is 2.35. The van der Waals surface area contributed by atoms with Crippen LogP contribution >= 0.6 is 0 Å². The van der Waals surface area contributed by atoms with E-state index in [4.69, 9.17) is 9.84 Å². The van der Waals surface area contributed by atoms with E-state index in [0.29, 0.717) is 24.7 Å². The van der Waals surface area contributed by atoms with E-state index in [0.717, 1.165) is 0 Å². The first-order chi connectivity index (χ1) is 8.51. The number of aliphatic hydroxyl groups is 1. The van der Waals surface area contributed by atoms with Gasteiger partial charge in [-0.2, -0.15) is 0 Å². The van der Waals surface area contributed by atoms with Crippen LogP contribution in [0.3, 0.4) is 0 Å². The summed E-state index contributed by atoms with van der Waals surface area (Å²) in [6, 6.07) is 0.